The molecular weight excluding hydrogens is 270 g/mol. The van der Waals surface area contributed by atoms with Gasteiger partial charge in [0.2, 0.25) is 0 Å². The van der Waals surface area contributed by atoms with E-state index in [1.54, 1.807) is 0 Å². The minimum atomic E-state index is -0.718. The van der Waals surface area contributed by atoms with Crippen LogP contribution in [0.25, 0.3) is 0 Å². The van der Waals surface area contributed by atoms with Gasteiger partial charge in [0.15, 0.2) is 5.82 Å². The van der Waals surface area contributed by atoms with E-state index in [0.29, 0.717) is 17.3 Å². The Labute approximate surface area is 122 Å². The van der Waals surface area contributed by atoms with Crippen LogP contribution in [0.5, 0.6) is 0 Å². The summed E-state index contributed by atoms with van der Waals surface area (Å²) in [6.45, 7) is 4.64. The zero-order valence-electron chi connectivity index (χ0n) is 12.2. The summed E-state index contributed by atoms with van der Waals surface area (Å²) in [4.78, 5) is 8.98. The van der Waals surface area contributed by atoms with Crippen LogP contribution in [0, 0.1) is 17.3 Å². The Kier molecular flexibility index (Phi) is 2.80. The monoisotopic (exact) mass is 293 g/mol. The zero-order chi connectivity index (χ0) is 13.9. The number of aromatic nitrogens is 2. The van der Waals surface area contributed by atoms with Crippen LogP contribution in [-0.4, -0.2) is 24.5 Å². The van der Waals surface area contributed by atoms with Gasteiger partial charge in [-0.15, -0.1) is 11.1 Å². The van der Waals surface area contributed by atoms with E-state index >= 15 is 0 Å². The molecule has 3 atom stereocenters. The summed E-state index contributed by atoms with van der Waals surface area (Å²) in [5.41, 5.74) is 0.136. The third-order valence-corrected chi connectivity index (χ3v) is 7.55. The summed E-state index contributed by atoms with van der Waals surface area (Å²) in [7, 11) is 0. The molecule has 1 aromatic heterocycles. The topological polar surface area (TPSA) is 50.4 Å². The molecule has 2 saturated carbocycles. The fraction of sp³-hybridized carbons (Fsp3) is 0.733. The van der Waals surface area contributed by atoms with Gasteiger partial charge in [-0.3, -0.25) is 3.97 Å². The second-order valence-corrected chi connectivity index (χ2v) is 9.37. The number of nitrogens with zero attached hydrogens (tertiary/aromatic N) is 3. The van der Waals surface area contributed by atoms with Gasteiger partial charge in [0.1, 0.15) is 11.8 Å². The first-order chi connectivity index (χ1) is 9.55. The van der Waals surface area contributed by atoms with E-state index in [9.17, 15) is 5.11 Å². The molecule has 0 radical (unpaired) electrons. The summed E-state index contributed by atoms with van der Waals surface area (Å²) in [6.07, 6.45) is 9.70. The molecule has 110 valence electrons. The highest BCUT2D eigenvalue weighted by Crippen LogP contribution is 2.56. The average molecular weight is 293 g/mol. The normalized spacial score (nSPS) is 34.9. The molecule has 1 aliphatic heterocycles. The summed E-state index contributed by atoms with van der Waals surface area (Å²) < 4.78 is 2.15. The van der Waals surface area contributed by atoms with Crippen LogP contribution in [-0.2, 0) is 0 Å². The van der Waals surface area contributed by atoms with Gasteiger partial charge in [0.05, 0.1) is 11.2 Å². The lowest BCUT2D eigenvalue weighted by Gasteiger charge is -2.31. The maximum atomic E-state index is 11.0. The SMILES string of the molecule is CC1(C)CC[C@H]([C@@H](O)[SH]2C(C3CC3)=Nc3cncn32)C1. The number of hydrogen-bond acceptors (Lipinski definition) is 3. The molecule has 0 amide bonds. The molecule has 3 aliphatic rings. The van der Waals surface area contributed by atoms with Crippen LogP contribution >= 0.6 is 11.1 Å². The minimum Gasteiger partial charge on any atom is -0.382 e. The second-order valence-electron chi connectivity index (χ2n) is 7.27. The Bertz CT molecular complexity index is 561. The van der Waals surface area contributed by atoms with E-state index in [-0.39, 0.29) is 5.44 Å². The highest BCUT2D eigenvalue weighted by molar-refractivity contribution is 8.29. The number of thiol groups is 1. The molecule has 1 unspecified atom stereocenters. The zero-order valence-corrected chi connectivity index (χ0v) is 13.1. The molecule has 4 nitrogen and oxygen atoms in total. The highest BCUT2D eigenvalue weighted by atomic mass is 32.2. The number of fused-ring (bicyclic) bond motifs is 1. The van der Waals surface area contributed by atoms with Gasteiger partial charge in [-0.25, -0.2) is 9.98 Å². The summed E-state index contributed by atoms with van der Waals surface area (Å²) >= 11 is -0.718. The van der Waals surface area contributed by atoms with Crippen LogP contribution in [0.1, 0.15) is 46.0 Å². The fourth-order valence-corrected chi connectivity index (χ4v) is 6.36. The van der Waals surface area contributed by atoms with Crippen LogP contribution in [0.3, 0.4) is 0 Å². The maximum absolute atomic E-state index is 11.0. The highest BCUT2D eigenvalue weighted by Gasteiger charge is 2.43. The third kappa shape index (κ3) is 2.02. The Hall–Kier alpha value is -0.810. The molecule has 0 spiro atoms. The van der Waals surface area contributed by atoms with Crippen molar-refractivity contribution in [1.29, 1.82) is 0 Å². The summed E-state index contributed by atoms with van der Waals surface area (Å²) in [5, 5.41) is 12.3. The molecule has 2 fully saturated rings. The van der Waals surface area contributed by atoms with E-state index in [1.807, 2.05) is 12.5 Å². The molecule has 2 aliphatic carbocycles. The number of imidazole rings is 1. The molecular formula is C15H23N3OS. The van der Waals surface area contributed by atoms with Crippen LogP contribution in [0.2, 0.25) is 0 Å². The lowest BCUT2D eigenvalue weighted by Crippen LogP contribution is -2.25. The third-order valence-electron chi connectivity index (χ3n) is 4.92. The van der Waals surface area contributed by atoms with Crippen LogP contribution < -0.4 is 0 Å². The number of hydrogen-bond donors (Lipinski definition) is 2. The van der Waals surface area contributed by atoms with Crippen molar-refractivity contribution in [1.82, 2.24) is 8.96 Å². The number of aliphatic hydroxyl groups is 1. The summed E-state index contributed by atoms with van der Waals surface area (Å²) in [5.74, 6) is 2.01. The predicted molar refractivity (Wildman–Crippen MR) is 83.6 cm³/mol. The fourth-order valence-electron chi connectivity index (χ4n) is 3.63. The molecule has 20 heavy (non-hydrogen) atoms. The van der Waals surface area contributed by atoms with E-state index in [4.69, 9.17) is 4.99 Å². The Balaban J connectivity index is 1.62. The lowest BCUT2D eigenvalue weighted by molar-refractivity contribution is 0.183. The van der Waals surface area contributed by atoms with Crippen LogP contribution in [0.15, 0.2) is 17.5 Å². The maximum Gasteiger partial charge on any atom is 0.162 e. The van der Waals surface area contributed by atoms with Gasteiger partial charge < -0.3 is 5.11 Å². The van der Waals surface area contributed by atoms with E-state index in [2.05, 4.69) is 22.8 Å². The first kappa shape index (κ1) is 12.9. The van der Waals surface area contributed by atoms with E-state index in [0.717, 1.165) is 18.7 Å². The largest absolute Gasteiger partial charge is 0.382 e. The number of aliphatic imine (C=N–C) groups is 1. The van der Waals surface area contributed by atoms with Crippen molar-refractivity contribution in [2.75, 3.05) is 0 Å². The molecule has 2 heterocycles. The van der Waals surface area contributed by atoms with Crippen LogP contribution in [0.4, 0.5) is 5.82 Å². The van der Waals surface area contributed by atoms with E-state index in [1.165, 1.54) is 24.3 Å². The van der Waals surface area contributed by atoms with Crippen molar-refractivity contribution < 1.29 is 5.11 Å². The Morgan fingerprint density at radius 2 is 2.20 bits per heavy atom. The number of aliphatic hydroxyl groups excluding tert-OH is 1. The molecule has 4 rings (SSSR count). The molecule has 1 aromatic rings. The smallest absolute Gasteiger partial charge is 0.162 e. The standard InChI is InChI=1S/C15H23N3OS/c1-15(2)6-5-11(7-15)14(19)20-13(10-3-4-10)17-12-8-16-9-18(12)20/h8-11,14,19-20H,3-7H2,1-2H3/t11-,14-/m0/s1. The molecule has 5 heteroatoms. The Morgan fingerprint density at radius 1 is 1.40 bits per heavy atom. The van der Waals surface area contributed by atoms with Crippen molar-refractivity contribution in [2.24, 2.45) is 22.2 Å². The first-order valence-electron chi connectivity index (χ1n) is 7.64. The van der Waals surface area contributed by atoms with Crippen molar-refractivity contribution in [3.8, 4) is 0 Å². The Morgan fingerprint density at radius 3 is 2.85 bits per heavy atom. The molecule has 0 saturated heterocycles. The van der Waals surface area contributed by atoms with Gasteiger partial charge in [-0.1, -0.05) is 13.8 Å². The molecule has 0 aromatic carbocycles. The predicted octanol–water partition coefficient (Wildman–Crippen LogP) is 3.25. The number of rotatable bonds is 3. The summed E-state index contributed by atoms with van der Waals surface area (Å²) in [6, 6.07) is 0. The van der Waals surface area contributed by atoms with Gasteiger partial charge in [0.25, 0.3) is 0 Å². The van der Waals surface area contributed by atoms with Gasteiger partial charge in [0, 0.05) is 5.92 Å². The van der Waals surface area contributed by atoms with Gasteiger partial charge in [-0.05, 0) is 43.4 Å². The average Bonchev–Trinajstić information content (AvgIpc) is 2.86. The molecule has 1 N–H and O–H groups in total. The van der Waals surface area contributed by atoms with Crippen molar-refractivity contribution in [3.05, 3.63) is 12.5 Å². The van der Waals surface area contributed by atoms with Crippen molar-refractivity contribution >= 4 is 21.9 Å². The minimum absolute atomic E-state index is 0.249. The second kappa shape index (κ2) is 4.34. The quantitative estimate of drug-likeness (QED) is 0.841. The van der Waals surface area contributed by atoms with E-state index < -0.39 is 11.1 Å². The van der Waals surface area contributed by atoms with Gasteiger partial charge >= 0.3 is 0 Å². The first-order valence-corrected chi connectivity index (χ1v) is 9.00. The lowest BCUT2D eigenvalue weighted by atomic mass is 9.91. The van der Waals surface area contributed by atoms with Crippen molar-refractivity contribution in [3.63, 3.8) is 0 Å². The van der Waals surface area contributed by atoms with Gasteiger partial charge in [-0.2, -0.15) is 0 Å². The van der Waals surface area contributed by atoms with Crippen molar-refractivity contribution in [2.45, 2.75) is 51.4 Å². The molecule has 0 bridgehead atoms.